The van der Waals surface area contributed by atoms with Crippen molar-refractivity contribution in [3.63, 3.8) is 0 Å². The first kappa shape index (κ1) is 25.3. The third kappa shape index (κ3) is 5.55. The van der Waals surface area contributed by atoms with Crippen LogP contribution < -0.4 is 19.5 Å². The Morgan fingerprint density at radius 3 is 2.19 bits per heavy atom. The molecule has 1 amide bonds. The molecule has 0 fully saturated rings. The molecule has 1 N–H and O–H groups in total. The van der Waals surface area contributed by atoms with E-state index >= 15 is 0 Å². The maximum atomic E-state index is 13.7. The number of carbonyl (C=O) groups is 1. The first-order chi connectivity index (χ1) is 17.4. The molecule has 0 unspecified atom stereocenters. The highest BCUT2D eigenvalue weighted by atomic mass is 35.5. The number of hydrogen-bond acceptors (Lipinski definition) is 7. The second kappa shape index (κ2) is 11.3. The lowest BCUT2D eigenvalue weighted by Gasteiger charge is -2.15. The number of benzene rings is 3. The van der Waals surface area contributed by atoms with Crippen molar-refractivity contribution < 1.29 is 23.4 Å². The van der Waals surface area contributed by atoms with Crippen LogP contribution in [0.3, 0.4) is 0 Å². The topological polar surface area (TPSA) is 87.5 Å². The van der Waals surface area contributed by atoms with Crippen molar-refractivity contribution in [2.24, 2.45) is 0 Å². The van der Waals surface area contributed by atoms with Crippen molar-refractivity contribution in [2.45, 2.75) is 5.16 Å². The fourth-order valence-electron chi connectivity index (χ4n) is 3.44. The minimum atomic E-state index is -0.377. The van der Waals surface area contributed by atoms with Crippen LogP contribution in [0.1, 0.15) is 0 Å². The molecule has 4 rings (SSSR count). The van der Waals surface area contributed by atoms with Crippen molar-refractivity contribution in [1.29, 1.82) is 0 Å². The Kier molecular flexibility index (Phi) is 7.97. The van der Waals surface area contributed by atoms with Gasteiger partial charge in [0, 0.05) is 22.0 Å². The van der Waals surface area contributed by atoms with Gasteiger partial charge in [-0.2, -0.15) is 0 Å². The number of aromatic nitrogens is 3. The van der Waals surface area contributed by atoms with E-state index in [1.54, 1.807) is 53.1 Å². The van der Waals surface area contributed by atoms with Gasteiger partial charge in [-0.1, -0.05) is 23.4 Å². The van der Waals surface area contributed by atoms with E-state index in [2.05, 4.69) is 15.5 Å². The smallest absolute Gasteiger partial charge is 0.234 e. The number of anilines is 1. The zero-order valence-corrected chi connectivity index (χ0v) is 21.2. The number of nitrogens with zero attached hydrogens (tertiary/aromatic N) is 3. The third-order valence-corrected chi connectivity index (χ3v) is 6.28. The van der Waals surface area contributed by atoms with E-state index in [9.17, 15) is 9.18 Å². The summed E-state index contributed by atoms with van der Waals surface area (Å²) in [5, 5.41) is 12.5. The summed E-state index contributed by atoms with van der Waals surface area (Å²) in [6, 6.07) is 16.2. The van der Waals surface area contributed by atoms with Gasteiger partial charge in [0.2, 0.25) is 11.7 Å². The lowest BCUT2D eigenvalue weighted by Crippen LogP contribution is -2.14. The molecule has 0 aliphatic rings. The molecule has 1 aromatic heterocycles. The van der Waals surface area contributed by atoms with Gasteiger partial charge in [-0.3, -0.25) is 9.36 Å². The fraction of sp³-hybridized carbons (Fsp3) is 0.160. The van der Waals surface area contributed by atoms with Crippen LogP contribution in [-0.4, -0.2) is 47.8 Å². The molecular formula is C25H22ClFN4O4S. The molecule has 0 aliphatic carbocycles. The maximum absolute atomic E-state index is 13.7. The molecule has 0 spiro atoms. The quantitative estimate of drug-likeness (QED) is 0.288. The molecule has 1 heterocycles. The van der Waals surface area contributed by atoms with Crippen LogP contribution in [-0.2, 0) is 4.79 Å². The monoisotopic (exact) mass is 528 g/mol. The molecule has 11 heteroatoms. The number of halogens is 2. The molecule has 0 saturated carbocycles. The molecule has 3 aromatic carbocycles. The van der Waals surface area contributed by atoms with Gasteiger partial charge < -0.3 is 19.5 Å². The van der Waals surface area contributed by atoms with Crippen LogP contribution in [0, 0.1) is 5.82 Å². The predicted molar refractivity (Wildman–Crippen MR) is 137 cm³/mol. The van der Waals surface area contributed by atoms with E-state index in [0.29, 0.717) is 50.2 Å². The highest BCUT2D eigenvalue weighted by molar-refractivity contribution is 7.99. The number of carbonyl (C=O) groups excluding carboxylic acids is 1. The van der Waals surface area contributed by atoms with Gasteiger partial charge in [0.25, 0.3) is 0 Å². The van der Waals surface area contributed by atoms with E-state index in [1.165, 1.54) is 45.2 Å². The van der Waals surface area contributed by atoms with Crippen LogP contribution in [0.25, 0.3) is 17.1 Å². The molecule has 4 aromatic rings. The standard InChI is InChI=1S/C25H22ClFN4O4S/c1-33-20-12-15(13-21(34-2)23(20)35-3)24-29-30-25(31(24)19-10-6-17(27)7-11-19)36-14-22(32)28-18-8-4-16(26)5-9-18/h4-13H,14H2,1-3H3,(H,28,32). The van der Waals surface area contributed by atoms with Crippen molar-refractivity contribution in [3.8, 4) is 34.3 Å². The summed E-state index contributed by atoms with van der Waals surface area (Å²) in [6.07, 6.45) is 0. The van der Waals surface area contributed by atoms with Crippen LogP contribution in [0.15, 0.2) is 65.8 Å². The van der Waals surface area contributed by atoms with Crippen LogP contribution in [0.2, 0.25) is 5.02 Å². The van der Waals surface area contributed by atoms with Gasteiger partial charge in [0.05, 0.1) is 27.1 Å². The normalized spacial score (nSPS) is 10.7. The average molecular weight is 529 g/mol. The summed E-state index contributed by atoms with van der Waals surface area (Å²) in [4.78, 5) is 12.6. The zero-order valence-electron chi connectivity index (χ0n) is 19.6. The first-order valence-corrected chi connectivity index (χ1v) is 12.0. The number of nitrogens with one attached hydrogen (secondary N) is 1. The maximum Gasteiger partial charge on any atom is 0.234 e. The summed E-state index contributed by atoms with van der Waals surface area (Å²) in [5.41, 5.74) is 1.87. The molecule has 186 valence electrons. The van der Waals surface area contributed by atoms with Crippen LogP contribution in [0.5, 0.6) is 17.2 Å². The molecular weight excluding hydrogens is 507 g/mol. The Bertz CT molecular complexity index is 1340. The summed E-state index contributed by atoms with van der Waals surface area (Å²) >= 11 is 7.09. The van der Waals surface area contributed by atoms with Gasteiger partial charge in [-0.05, 0) is 60.7 Å². The van der Waals surface area contributed by atoms with Crippen molar-refractivity contribution >= 4 is 35.0 Å². The zero-order chi connectivity index (χ0) is 25.7. The predicted octanol–water partition coefficient (Wildman–Crippen LogP) is 5.48. The number of hydrogen-bond donors (Lipinski definition) is 1. The Labute approximate surface area is 216 Å². The van der Waals surface area contributed by atoms with E-state index in [4.69, 9.17) is 25.8 Å². The van der Waals surface area contributed by atoms with Gasteiger partial charge in [0.15, 0.2) is 22.5 Å². The van der Waals surface area contributed by atoms with Crippen LogP contribution >= 0.6 is 23.4 Å². The highest BCUT2D eigenvalue weighted by Crippen LogP contribution is 2.41. The molecule has 36 heavy (non-hydrogen) atoms. The Hall–Kier alpha value is -3.76. The molecule has 8 nitrogen and oxygen atoms in total. The number of amides is 1. The minimum absolute atomic E-state index is 0.0667. The first-order valence-electron chi connectivity index (χ1n) is 10.6. The largest absolute Gasteiger partial charge is 0.493 e. The lowest BCUT2D eigenvalue weighted by atomic mass is 10.1. The van der Waals surface area contributed by atoms with E-state index < -0.39 is 0 Å². The second-order valence-electron chi connectivity index (χ2n) is 7.38. The SMILES string of the molecule is COc1cc(-c2nnc(SCC(=O)Nc3ccc(Cl)cc3)n2-c2ccc(F)cc2)cc(OC)c1OC. The lowest BCUT2D eigenvalue weighted by molar-refractivity contribution is -0.113. The summed E-state index contributed by atoms with van der Waals surface area (Å²) in [6.45, 7) is 0. The molecule has 0 aliphatic heterocycles. The molecule has 0 atom stereocenters. The number of rotatable bonds is 9. The number of ether oxygens (including phenoxy) is 3. The second-order valence-corrected chi connectivity index (χ2v) is 8.75. The van der Waals surface area contributed by atoms with Crippen molar-refractivity contribution in [1.82, 2.24) is 14.8 Å². The average Bonchev–Trinajstić information content (AvgIpc) is 3.32. The molecule has 0 radical (unpaired) electrons. The van der Waals surface area contributed by atoms with Gasteiger partial charge in [-0.15, -0.1) is 10.2 Å². The highest BCUT2D eigenvalue weighted by Gasteiger charge is 2.21. The minimum Gasteiger partial charge on any atom is -0.493 e. The van der Waals surface area contributed by atoms with E-state index in [0.717, 1.165) is 0 Å². The van der Waals surface area contributed by atoms with E-state index in [1.807, 2.05) is 0 Å². The fourth-order valence-corrected chi connectivity index (χ4v) is 4.32. The number of thioether (sulfide) groups is 1. The van der Waals surface area contributed by atoms with Gasteiger partial charge in [0.1, 0.15) is 5.82 Å². The Morgan fingerprint density at radius 2 is 1.61 bits per heavy atom. The van der Waals surface area contributed by atoms with Crippen molar-refractivity contribution in [2.75, 3.05) is 32.4 Å². The van der Waals surface area contributed by atoms with Crippen molar-refractivity contribution in [3.05, 3.63) is 71.5 Å². The summed E-state index contributed by atoms with van der Waals surface area (Å²) in [7, 11) is 4.56. The van der Waals surface area contributed by atoms with E-state index in [-0.39, 0.29) is 17.5 Å². The number of methoxy groups -OCH3 is 3. The third-order valence-electron chi connectivity index (χ3n) is 5.10. The summed E-state index contributed by atoms with van der Waals surface area (Å²) in [5.74, 6) is 1.22. The Morgan fingerprint density at radius 1 is 0.972 bits per heavy atom. The molecule has 0 bridgehead atoms. The Balaban J connectivity index is 1.69. The molecule has 0 saturated heterocycles. The van der Waals surface area contributed by atoms with Gasteiger partial charge >= 0.3 is 0 Å². The van der Waals surface area contributed by atoms with Gasteiger partial charge in [-0.25, -0.2) is 4.39 Å². The summed E-state index contributed by atoms with van der Waals surface area (Å²) < 4.78 is 31.8. The van der Waals surface area contributed by atoms with Crippen LogP contribution in [0.4, 0.5) is 10.1 Å².